The Morgan fingerprint density at radius 3 is 2.76 bits per heavy atom. The lowest BCUT2D eigenvalue weighted by molar-refractivity contribution is 0.183. The molecule has 1 aromatic carbocycles. The van der Waals surface area contributed by atoms with Crippen molar-refractivity contribution in [3.8, 4) is 0 Å². The zero-order chi connectivity index (χ0) is 15.1. The van der Waals surface area contributed by atoms with Crippen LogP contribution in [0.15, 0.2) is 41.8 Å². The standard InChI is InChI=1S/C17H24N2OS/c1-3-19(12-16-8-5-9-21-16)17(11-18)15-7-4-6-14(10-15)13-20-2/h4-10,17H,3,11-13,18H2,1-2H3. The molecular weight excluding hydrogens is 280 g/mol. The zero-order valence-corrected chi connectivity index (χ0v) is 13.6. The number of hydrogen-bond donors (Lipinski definition) is 1. The van der Waals surface area contributed by atoms with Crippen LogP contribution in [0.3, 0.4) is 0 Å². The summed E-state index contributed by atoms with van der Waals surface area (Å²) in [4.78, 5) is 3.81. The van der Waals surface area contributed by atoms with Crippen LogP contribution < -0.4 is 5.73 Å². The molecule has 0 aliphatic heterocycles. The number of methoxy groups -OCH3 is 1. The van der Waals surface area contributed by atoms with Crippen molar-refractivity contribution in [2.45, 2.75) is 26.1 Å². The Hall–Kier alpha value is -1.20. The summed E-state index contributed by atoms with van der Waals surface area (Å²) in [5.74, 6) is 0. The van der Waals surface area contributed by atoms with E-state index in [1.54, 1.807) is 18.4 Å². The molecule has 2 aromatic rings. The highest BCUT2D eigenvalue weighted by Crippen LogP contribution is 2.24. The van der Waals surface area contributed by atoms with Gasteiger partial charge in [-0.05, 0) is 29.1 Å². The summed E-state index contributed by atoms with van der Waals surface area (Å²) in [5, 5.41) is 2.12. The molecule has 0 spiro atoms. The second-order valence-corrected chi connectivity index (χ2v) is 6.10. The van der Waals surface area contributed by atoms with Gasteiger partial charge in [-0.25, -0.2) is 0 Å². The molecule has 2 N–H and O–H groups in total. The van der Waals surface area contributed by atoms with E-state index in [9.17, 15) is 0 Å². The molecule has 1 atom stereocenters. The number of hydrogen-bond acceptors (Lipinski definition) is 4. The van der Waals surface area contributed by atoms with Crippen molar-refractivity contribution in [1.29, 1.82) is 0 Å². The van der Waals surface area contributed by atoms with Crippen LogP contribution in [-0.2, 0) is 17.9 Å². The average Bonchev–Trinajstić information content (AvgIpc) is 3.01. The molecule has 0 saturated heterocycles. The topological polar surface area (TPSA) is 38.5 Å². The Balaban J connectivity index is 2.17. The van der Waals surface area contributed by atoms with E-state index >= 15 is 0 Å². The molecule has 3 nitrogen and oxygen atoms in total. The van der Waals surface area contributed by atoms with Crippen molar-refractivity contribution >= 4 is 11.3 Å². The van der Waals surface area contributed by atoms with Crippen LogP contribution in [0.5, 0.6) is 0 Å². The number of rotatable bonds is 8. The molecule has 4 heteroatoms. The number of benzene rings is 1. The SMILES string of the molecule is CCN(Cc1cccs1)C(CN)c1cccc(COC)c1. The highest BCUT2D eigenvalue weighted by molar-refractivity contribution is 7.09. The molecule has 0 saturated carbocycles. The van der Waals surface area contributed by atoms with Crippen LogP contribution in [0.1, 0.15) is 29.0 Å². The van der Waals surface area contributed by atoms with E-state index in [1.807, 2.05) is 0 Å². The van der Waals surface area contributed by atoms with E-state index in [4.69, 9.17) is 10.5 Å². The number of nitrogens with zero attached hydrogens (tertiary/aromatic N) is 1. The number of likely N-dealkylation sites (N-methyl/N-ethyl adjacent to an activating group) is 1. The first kappa shape index (κ1) is 16.2. The summed E-state index contributed by atoms with van der Waals surface area (Å²) in [6, 6.07) is 13.1. The van der Waals surface area contributed by atoms with Crippen molar-refractivity contribution in [2.75, 3.05) is 20.2 Å². The van der Waals surface area contributed by atoms with Gasteiger partial charge in [-0.1, -0.05) is 37.3 Å². The highest BCUT2D eigenvalue weighted by atomic mass is 32.1. The molecule has 1 aromatic heterocycles. The van der Waals surface area contributed by atoms with Crippen molar-refractivity contribution in [1.82, 2.24) is 4.90 Å². The smallest absolute Gasteiger partial charge is 0.0713 e. The minimum Gasteiger partial charge on any atom is -0.380 e. The van der Waals surface area contributed by atoms with Gasteiger partial charge in [-0.3, -0.25) is 4.90 Å². The maximum Gasteiger partial charge on any atom is 0.0713 e. The van der Waals surface area contributed by atoms with Gasteiger partial charge in [0.2, 0.25) is 0 Å². The Morgan fingerprint density at radius 2 is 2.14 bits per heavy atom. The first-order valence-corrected chi connectivity index (χ1v) is 8.20. The van der Waals surface area contributed by atoms with Crippen molar-refractivity contribution < 1.29 is 4.74 Å². The predicted molar refractivity (Wildman–Crippen MR) is 89.4 cm³/mol. The third-order valence-corrected chi connectivity index (χ3v) is 4.52. The molecular formula is C17H24N2OS. The van der Waals surface area contributed by atoms with Gasteiger partial charge in [0, 0.05) is 31.1 Å². The maximum atomic E-state index is 6.06. The normalized spacial score (nSPS) is 12.8. The Morgan fingerprint density at radius 1 is 1.29 bits per heavy atom. The summed E-state index contributed by atoms with van der Waals surface area (Å²) in [6.07, 6.45) is 0. The van der Waals surface area contributed by atoms with Gasteiger partial charge in [-0.15, -0.1) is 11.3 Å². The summed E-state index contributed by atoms with van der Waals surface area (Å²) in [7, 11) is 1.72. The van der Waals surface area contributed by atoms with E-state index in [-0.39, 0.29) is 6.04 Å². The van der Waals surface area contributed by atoms with Gasteiger partial charge in [0.15, 0.2) is 0 Å². The quantitative estimate of drug-likeness (QED) is 0.812. The fraction of sp³-hybridized carbons (Fsp3) is 0.412. The van der Waals surface area contributed by atoms with Crippen LogP contribution in [-0.4, -0.2) is 25.1 Å². The maximum absolute atomic E-state index is 6.06. The van der Waals surface area contributed by atoms with Gasteiger partial charge in [0.05, 0.1) is 6.61 Å². The lowest BCUT2D eigenvalue weighted by Gasteiger charge is -2.30. The number of nitrogens with two attached hydrogens (primary N) is 1. The van der Waals surface area contributed by atoms with Crippen molar-refractivity contribution in [2.24, 2.45) is 5.73 Å². The first-order chi connectivity index (χ1) is 10.3. The minimum absolute atomic E-state index is 0.244. The van der Waals surface area contributed by atoms with E-state index in [1.165, 1.54) is 16.0 Å². The third-order valence-electron chi connectivity index (χ3n) is 3.66. The van der Waals surface area contributed by atoms with E-state index in [2.05, 4.69) is 53.6 Å². The van der Waals surface area contributed by atoms with Crippen molar-refractivity contribution in [3.05, 3.63) is 57.8 Å². The Bertz CT molecular complexity index is 527. The van der Waals surface area contributed by atoms with E-state index in [0.29, 0.717) is 13.2 Å². The van der Waals surface area contributed by atoms with Crippen LogP contribution in [0.25, 0.3) is 0 Å². The second kappa shape index (κ2) is 8.29. The summed E-state index contributed by atoms with van der Waals surface area (Å²) in [5.41, 5.74) is 8.53. The van der Waals surface area contributed by atoms with E-state index in [0.717, 1.165) is 13.1 Å². The molecule has 114 valence electrons. The monoisotopic (exact) mass is 304 g/mol. The molecule has 0 radical (unpaired) electrons. The number of ether oxygens (including phenoxy) is 1. The molecule has 1 unspecified atom stereocenters. The molecule has 0 amide bonds. The average molecular weight is 304 g/mol. The first-order valence-electron chi connectivity index (χ1n) is 7.32. The van der Waals surface area contributed by atoms with Crippen molar-refractivity contribution in [3.63, 3.8) is 0 Å². The van der Waals surface area contributed by atoms with Gasteiger partial charge in [0.25, 0.3) is 0 Å². The predicted octanol–water partition coefficient (Wildman–Crippen LogP) is 3.42. The van der Waals surface area contributed by atoms with Crippen LogP contribution in [0.2, 0.25) is 0 Å². The lowest BCUT2D eigenvalue weighted by Crippen LogP contribution is -2.33. The molecule has 0 bridgehead atoms. The number of thiophene rings is 1. The molecule has 1 heterocycles. The molecule has 2 rings (SSSR count). The fourth-order valence-electron chi connectivity index (χ4n) is 2.60. The van der Waals surface area contributed by atoms with Gasteiger partial charge < -0.3 is 10.5 Å². The minimum atomic E-state index is 0.244. The summed E-state index contributed by atoms with van der Waals surface area (Å²) >= 11 is 1.80. The summed E-state index contributed by atoms with van der Waals surface area (Å²) in [6.45, 7) is 5.38. The largest absolute Gasteiger partial charge is 0.380 e. The molecule has 0 aliphatic carbocycles. The fourth-order valence-corrected chi connectivity index (χ4v) is 3.33. The zero-order valence-electron chi connectivity index (χ0n) is 12.8. The van der Waals surface area contributed by atoms with Crippen LogP contribution >= 0.6 is 11.3 Å². The summed E-state index contributed by atoms with van der Waals surface area (Å²) < 4.78 is 5.23. The molecule has 0 fully saturated rings. The Labute approximate surface area is 131 Å². The van der Waals surface area contributed by atoms with Gasteiger partial charge >= 0.3 is 0 Å². The molecule has 0 aliphatic rings. The Kier molecular flexibility index (Phi) is 6.39. The van der Waals surface area contributed by atoms with Crippen LogP contribution in [0, 0.1) is 0 Å². The third kappa shape index (κ3) is 4.38. The lowest BCUT2D eigenvalue weighted by atomic mass is 10.0. The van der Waals surface area contributed by atoms with Gasteiger partial charge in [-0.2, -0.15) is 0 Å². The highest BCUT2D eigenvalue weighted by Gasteiger charge is 2.18. The van der Waals surface area contributed by atoms with Gasteiger partial charge in [0.1, 0.15) is 0 Å². The van der Waals surface area contributed by atoms with E-state index < -0.39 is 0 Å². The second-order valence-electron chi connectivity index (χ2n) is 5.07. The van der Waals surface area contributed by atoms with Crippen LogP contribution in [0.4, 0.5) is 0 Å². The molecule has 21 heavy (non-hydrogen) atoms.